The molecule has 4 rings (SSSR count). The number of piperidine rings is 1. The first-order valence-corrected chi connectivity index (χ1v) is 12.8. The summed E-state index contributed by atoms with van der Waals surface area (Å²) in [7, 11) is 0. The monoisotopic (exact) mass is 447 g/mol. The van der Waals surface area contributed by atoms with Crippen LogP contribution >= 0.6 is 11.3 Å². The van der Waals surface area contributed by atoms with E-state index >= 15 is 0 Å². The molecular weight excluding hydrogens is 414 g/mol. The summed E-state index contributed by atoms with van der Waals surface area (Å²) in [6.07, 6.45) is 9.92. The average molecular weight is 448 g/mol. The molecule has 2 heterocycles. The van der Waals surface area contributed by atoms with Gasteiger partial charge in [-0.25, -0.2) is 4.98 Å². The first-order valence-electron chi connectivity index (χ1n) is 11.9. The Hall–Kier alpha value is -2.66. The molecule has 0 unspecified atom stereocenters. The highest BCUT2D eigenvalue weighted by Crippen LogP contribution is 2.30. The predicted octanol–water partition coefficient (Wildman–Crippen LogP) is 7.18. The summed E-state index contributed by atoms with van der Waals surface area (Å²) in [4.78, 5) is 20.0. The van der Waals surface area contributed by atoms with E-state index in [0.29, 0.717) is 5.56 Å². The van der Waals surface area contributed by atoms with Gasteiger partial charge in [-0.2, -0.15) is 0 Å². The van der Waals surface area contributed by atoms with Crippen LogP contribution in [0.1, 0.15) is 67.8 Å². The van der Waals surface area contributed by atoms with Gasteiger partial charge in [-0.3, -0.25) is 4.79 Å². The summed E-state index contributed by atoms with van der Waals surface area (Å²) < 4.78 is 0. The lowest BCUT2D eigenvalue weighted by Gasteiger charge is -2.25. The quantitative estimate of drug-likeness (QED) is 0.353. The van der Waals surface area contributed by atoms with Crippen molar-refractivity contribution in [2.75, 3.05) is 23.3 Å². The summed E-state index contributed by atoms with van der Waals surface area (Å²) in [6.45, 7) is 4.42. The molecule has 2 aromatic carbocycles. The third kappa shape index (κ3) is 5.98. The zero-order valence-corrected chi connectivity index (χ0v) is 19.8. The SMILES string of the molecule is CCCCCCc1ccc(C(=O)Nc2cccc(-c3csc(N4CCCCC4)n3)c2)cc1. The molecule has 1 aliphatic rings. The van der Waals surface area contributed by atoms with Crippen molar-refractivity contribution in [3.05, 3.63) is 65.0 Å². The molecule has 1 amide bonds. The molecule has 4 nitrogen and oxygen atoms in total. The second kappa shape index (κ2) is 11.3. The predicted molar refractivity (Wildman–Crippen MR) is 136 cm³/mol. The van der Waals surface area contributed by atoms with Crippen molar-refractivity contribution in [2.24, 2.45) is 0 Å². The smallest absolute Gasteiger partial charge is 0.255 e. The molecule has 5 heteroatoms. The van der Waals surface area contributed by atoms with Gasteiger partial charge in [0.1, 0.15) is 0 Å². The van der Waals surface area contributed by atoms with Gasteiger partial charge in [0.15, 0.2) is 5.13 Å². The fraction of sp³-hybridized carbons (Fsp3) is 0.407. The van der Waals surface area contributed by atoms with E-state index in [0.717, 1.165) is 41.6 Å². The molecule has 32 heavy (non-hydrogen) atoms. The van der Waals surface area contributed by atoms with E-state index in [1.807, 2.05) is 30.3 Å². The number of nitrogens with one attached hydrogen (secondary N) is 1. The van der Waals surface area contributed by atoms with Crippen LogP contribution in [-0.2, 0) is 6.42 Å². The molecule has 1 N–H and O–H groups in total. The highest BCUT2D eigenvalue weighted by molar-refractivity contribution is 7.14. The maximum Gasteiger partial charge on any atom is 0.255 e. The number of hydrogen-bond acceptors (Lipinski definition) is 4. The fourth-order valence-electron chi connectivity index (χ4n) is 4.17. The highest BCUT2D eigenvalue weighted by atomic mass is 32.1. The van der Waals surface area contributed by atoms with E-state index in [4.69, 9.17) is 4.98 Å². The van der Waals surface area contributed by atoms with E-state index in [-0.39, 0.29) is 5.91 Å². The zero-order chi connectivity index (χ0) is 22.2. The maximum atomic E-state index is 12.8. The standard InChI is InChI=1S/C27H33N3OS/c1-2-3-4-6-10-21-13-15-22(16-14-21)26(31)28-24-12-9-11-23(19-24)25-20-32-27(29-25)30-17-7-5-8-18-30/h9,11-16,19-20H,2-8,10,17-18H2,1H3,(H,28,31). The fourth-order valence-corrected chi connectivity index (χ4v) is 5.05. The Bertz CT molecular complexity index is 1010. The number of carbonyl (C=O) groups is 1. The van der Waals surface area contributed by atoms with Crippen LogP contribution in [0.15, 0.2) is 53.9 Å². The Morgan fingerprint density at radius 1 is 1.03 bits per heavy atom. The van der Waals surface area contributed by atoms with E-state index in [1.165, 1.54) is 50.5 Å². The van der Waals surface area contributed by atoms with Crippen molar-refractivity contribution in [3.8, 4) is 11.3 Å². The molecule has 0 radical (unpaired) electrons. The van der Waals surface area contributed by atoms with Gasteiger partial charge in [0, 0.05) is 35.3 Å². The van der Waals surface area contributed by atoms with Crippen LogP contribution in [0.25, 0.3) is 11.3 Å². The molecule has 1 saturated heterocycles. The van der Waals surface area contributed by atoms with Gasteiger partial charge < -0.3 is 10.2 Å². The van der Waals surface area contributed by atoms with E-state index in [2.05, 4.69) is 40.7 Å². The molecule has 168 valence electrons. The first-order chi connectivity index (χ1) is 15.7. The number of amides is 1. The van der Waals surface area contributed by atoms with Gasteiger partial charge in [0.2, 0.25) is 0 Å². The van der Waals surface area contributed by atoms with Crippen molar-refractivity contribution in [1.29, 1.82) is 0 Å². The Kier molecular flexibility index (Phi) is 7.94. The van der Waals surface area contributed by atoms with Gasteiger partial charge in [0.05, 0.1) is 5.69 Å². The van der Waals surface area contributed by atoms with Crippen molar-refractivity contribution < 1.29 is 4.79 Å². The second-order valence-corrected chi connectivity index (χ2v) is 9.44. The molecule has 0 bridgehead atoms. The lowest BCUT2D eigenvalue weighted by Crippen LogP contribution is -2.29. The minimum absolute atomic E-state index is 0.0769. The van der Waals surface area contributed by atoms with Gasteiger partial charge in [0.25, 0.3) is 5.91 Å². The maximum absolute atomic E-state index is 12.8. The zero-order valence-electron chi connectivity index (χ0n) is 19.0. The Morgan fingerprint density at radius 3 is 2.62 bits per heavy atom. The molecule has 0 aliphatic carbocycles. The average Bonchev–Trinajstić information content (AvgIpc) is 3.34. The number of benzene rings is 2. The van der Waals surface area contributed by atoms with Gasteiger partial charge >= 0.3 is 0 Å². The topological polar surface area (TPSA) is 45.2 Å². The van der Waals surface area contributed by atoms with Crippen LogP contribution in [0.3, 0.4) is 0 Å². The molecule has 0 spiro atoms. The van der Waals surface area contributed by atoms with Crippen LogP contribution < -0.4 is 10.2 Å². The largest absolute Gasteiger partial charge is 0.348 e. The third-order valence-corrected chi connectivity index (χ3v) is 6.97. The Labute approximate surface area is 195 Å². The Balaban J connectivity index is 1.37. The molecule has 1 aliphatic heterocycles. The molecule has 0 saturated carbocycles. The van der Waals surface area contributed by atoms with Crippen LogP contribution in [0.4, 0.5) is 10.8 Å². The summed E-state index contributed by atoms with van der Waals surface area (Å²) >= 11 is 1.70. The Morgan fingerprint density at radius 2 is 1.84 bits per heavy atom. The second-order valence-electron chi connectivity index (χ2n) is 8.61. The molecular formula is C27H33N3OS. The molecule has 1 aromatic heterocycles. The molecule has 1 fully saturated rings. The van der Waals surface area contributed by atoms with Crippen LogP contribution in [0.2, 0.25) is 0 Å². The number of rotatable bonds is 9. The minimum Gasteiger partial charge on any atom is -0.348 e. The molecule has 0 atom stereocenters. The number of carbonyl (C=O) groups excluding carboxylic acids is 1. The lowest BCUT2D eigenvalue weighted by molar-refractivity contribution is 0.102. The number of aromatic nitrogens is 1. The van der Waals surface area contributed by atoms with E-state index in [9.17, 15) is 4.79 Å². The summed E-state index contributed by atoms with van der Waals surface area (Å²) in [5.74, 6) is -0.0769. The number of aryl methyl sites for hydroxylation is 1. The van der Waals surface area contributed by atoms with Gasteiger partial charge in [-0.05, 0) is 61.9 Å². The van der Waals surface area contributed by atoms with Crippen molar-refractivity contribution in [3.63, 3.8) is 0 Å². The number of nitrogens with zero attached hydrogens (tertiary/aromatic N) is 2. The molecule has 3 aromatic rings. The number of hydrogen-bond donors (Lipinski definition) is 1. The van der Waals surface area contributed by atoms with E-state index in [1.54, 1.807) is 11.3 Å². The van der Waals surface area contributed by atoms with Crippen molar-refractivity contribution in [2.45, 2.75) is 58.3 Å². The summed E-state index contributed by atoms with van der Waals surface area (Å²) in [5, 5.41) is 6.26. The van der Waals surface area contributed by atoms with Crippen LogP contribution in [-0.4, -0.2) is 24.0 Å². The summed E-state index contributed by atoms with van der Waals surface area (Å²) in [6, 6.07) is 16.0. The van der Waals surface area contributed by atoms with Crippen molar-refractivity contribution >= 4 is 28.1 Å². The minimum atomic E-state index is -0.0769. The van der Waals surface area contributed by atoms with Crippen LogP contribution in [0, 0.1) is 0 Å². The normalized spacial score (nSPS) is 13.8. The van der Waals surface area contributed by atoms with Gasteiger partial charge in [-0.1, -0.05) is 50.5 Å². The number of anilines is 2. The first kappa shape index (κ1) is 22.5. The highest BCUT2D eigenvalue weighted by Gasteiger charge is 2.15. The van der Waals surface area contributed by atoms with Gasteiger partial charge in [-0.15, -0.1) is 11.3 Å². The third-order valence-electron chi connectivity index (χ3n) is 6.07. The number of unbranched alkanes of at least 4 members (excludes halogenated alkanes) is 3. The van der Waals surface area contributed by atoms with Crippen LogP contribution in [0.5, 0.6) is 0 Å². The van der Waals surface area contributed by atoms with E-state index < -0.39 is 0 Å². The van der Waals surface area contributed by atoms with Crippen molar-refractivity contribution in [1.82, 2.24) is 4.98 Å². The number of thiazole rings is 1. The summed E-state index contributed by atoms with van der Waals surface area (Å²) in [5.41, 5.74) is 4.79. The lowest BCUT2D eigenvalue weighted by atomic mass is 10.0.